The Morgan fingerprint density at radius 1 is 1.19 bits per heavy atom. The number of benzene rings is 2. The van der Waals surface area contributed by atoms with Gasteiger partial charge in [-0.2, -0.15) is 5.26 Å². The lowest BCUT2D eigenvalue weighted by Gasteiger charge is -2.09. The molecule has 0 radical (unpaired) electrons. The van der Waals surface area contributed by atoms with Crippen molar-refractivity contribution in [1.29, 1.82) is 5.26 Å². The number of ether oxygens (including phenoxy) is 1. The van der Waals surface area contributed by atoms with Crippen molar-refractivity contribution >= 4 is 50.6 Å². The minimum Gasteiger partial charge on any atom is -0.452 e. The van der Waals surface area contributed by atoms with Crippen LogP contribution in [0.2, 0.25) is 10.0 Å². The molecule has 0 unspecified atom stereocenters. The smallest absolute Gasteiger partial charge is 0.340 e. The van der Waals surface area contributed by atoms with E-state index in [1.807, 2.05) is 6.07 Å². The second-order valence-corrected chi connectivity index (χ2v) is 8.20. The van der Waals surface area contributed by atoms with Crippen molar-refractivity contribution in [1.82, 2.24) is 0 Å². The molecule has 0 aliphatic heterocycles. The Labute approximate surface area is 165 Å². The Bertz CT molecular complexity index is 1060. The maximum Gasteiger partial charge on any atom is 0.340 e. The lowest BCUT2D eigenvalue weighted by atomic mass is 10.2. The Morgan fingerprint density at radius 3 is 2.52 bits per heavy atom. The van der Waals surface area contributed by atoms with Gasteiger partial charge in [0.15, 0.2) is 16.4 Å². The van der Waals surface area contributed by atoms with E-state index in [4.69, 9.17) is 33.2 Å². The van der Waals surface area contributed by atoms with Crippen LogP contribution in [0.1, 0.15) is 15.9 Å². The topological polar surface area (TPSA) is 113 Å². The van der Waals surface area contributed by atoms with E-state index in [-0.39, 0.29) is 26.7 Å². The van der Waals surface area contributed by atoms with Crippen LogP contribution in [0.4, 0.5) is 5.69 Å². The van der Waals surface area contributed by atoms with Crippen LogP contribution in [0.15, 0.2) is 41.3 Å². The van der Waals surface area contributed by atoms with Crippen molar-refractivity contribution in [2.45, 2.75) is 4.90 Å². The number of halogens is 2. The molecular weight excluding hydrogens is 415 g/mol. The molecular formula is C17H12Cl2N2O5S. The molecule has 2 aromatic rings. The highest BCUT2D eigenvalue weighted by molar-refractivity contribution is 7.90. The van der Waals surface area contributed by atoms with Crippen LogP contribution in [-0.4, -0.2) is 33.2 Å². The van der Waals surface area contributed by atoms with E-state index in [0.717, 1.165) is 12.3 Å². The molecule has 2 aromatic carbocycles. The third-order valence-corrected chi connectivity index (χ3v) is 4.97. The number of amides is 1. The molecule has 0 heterocycles. The lowest BCUT2D eigenvalue weighted by molar-refractivity contribution is -0.119. The molecule has 1 N–H and O–H groups in total. The van der Waals surface area contributed by atoms with Crippen LogP contribution in [0, 0.1) is 11.3 Å². The highest BCUT2D eigenvalue weighted by Crippen LogP contribution is 2.22. The molecule has 0 aliphatic carbocycles. The van der Waals surface area contributed by atoms with Gasteiger partial charge in [-0.05, 0) is 36.4 Å². The summed E-state index contributed by atoms with van der Waals surface area (Å²) >= 11 is 11.7. The van der Waals surface area contributed by atoms with Gasteiger partial charge < -0.3 is 10.1 Å². The summed E-state index contributed by atoms with van der Waals surface area (Å²) in [5, 5.41) is 11.7. The summed E-state index contributed by atoms with van der Waals surface area (Å²) in [6.45, 7) is -0.671. The number of rotatable bonds is 5. The molecule has 7 nitrogen and oxygen atoms in total. The summed E-state index contributed by atoms with van der Waals surface area (Å²) in [5.41, 5.74) is 0.166. The fraction of sp³-hybridized carbons (Fsp3) is 0.118. The number of anilines is 1. The number of carbonyl (C=O) groups is 2. The first-order valence-electron chi connectivity index (χ1n) is 7.28. The summed E-state index contributed by atoms with van der Waals surface area (Å²) in [6.07, 6.45) is 0.983. The summed E-state index contributed by atoms with van der Waals surface area (Å²) in [7, 11) is -3.55. The van der Waals surface area contributed by atoms with Gasteiger partial charge >= 0.3 is 5.97 Å². The van der Waals surface area contributed by atoms with Crippen LogP contribution in [0.5, 0.6) is 0 Å². The predicted octanol–water partition coefficient (Wildman–Crippen LogP) is 3.06. The average Bonchev–Trinajstić information content (AvgIpc) is 2.59. The first-order valence-corrected chi connectivity index (χ1v) is 9.93. The number of nitriles is 1. The molecule has 140 valence electrons. The van der Waals surface area contributed by atoms with Gasteiger partial charge in [-0.15, -0.1) is 0 Å². The number of sulfone groups is 1. The SMILES string of the molecule is CS(=O)(=O)c1ccc(Cl)c(C(=O)OCC(=O)Nc2cc(Cl)ccc2C#N)c1. The number of hydrogen-bond acceptors (Lipinski definition) is 6. The van der Waals surface area contributed by atoms with Crippen LogP contribution in [0.3, 0.4) is 0 Å². The number of nitrogens with one attached hydrogen (secondary N) is 1. The van der Waals surface area contributed by atoms with E-state index in [0.29, 0.717) is 5.02 Å². The van der Waals surface area contributed by atoms with Crippen molar-refractivity contribution in [3.05, 3.63) is 57.6 Å². The van der Waals surface area contributed by atoms with E-state index in [1.54, 1.807) is 0 Å². The first-order chi connectivity index (χ1) is 12.6. The summed E-state index contributed by atoms with van der Waals surface area (Å²) < 4.78 is 28.0. The third-order valence-electron chi connectivity index (χ3n) is 3.30. The minimum absolute atomic E-state index is 0.0191. The van der Waals surface area contributed by atoms with E-state index in [9.17, 15) is 18.0 Å². The van der Waals surface area contributed by atoms with E-state index in [2.05, 4.69) is 5.32 Å². The predicted molar refractivity (Wildman–Crippen MR) is 99.6 cm³/mol. The van der Waals surface area contributed by atoms with Gasteiger partial charge in [-0.3, -0.25) is 4.79 Å². The zero-order chi connectivity index (χ0) is 20.2. The Kier molecular flexibility index (Phi) is 6.44. The summed E-state index contributed by atoms with van der Waals surface area (Å²) in [5.74, 6) is -1.68. The molecule has 2 rings (SSSR count). The van der Waals surface area contributed by atoms with Crippen molar-refractivity contribution in [3.8, 4) is 6.07 Å². The van der Waals surface area contributed by atoms with Crippen molar-refractivity contribution < 1.29 is 22.7 Å². The van der Waals surface area contributed by atoms with Crippen molar-refractivity contribution in [2.24, 2.45) is 0 Å². The van der Waals surface area contributed by atoms with Crippen molar-refractivity contribution in [2.75, 3.05) is 18.2 Å². The van der Waals surface area contributed by atoms with E-state index >= 15 is 0 Å². The number of esters is 1. The second-order valence-electron chi connectivity index (χ2n) is 5.34. The zero-order valence-corrected chi connectivity index (χ0v) is 16.2. The Morgan fingerprint density at radius 2 is 1.89 bits per heavy atom. The highest BCUT2D eigenvalue weighted by Gasteiger charge is 2.18. The number of hydrogen-bond donors (Lipinski definition) is 1. The van der Waals surface area contributed by atoms with Crippen LogP contribution in [0.25, 0.3) is 0 Å². The summed E-state index contributed by atoms with van der Waals surface area (Å²) in [6, 6.07) is 9.77. The first kappa shape index (κ1) is 20.7. The van der Waals surface area contributed by atoms with E-state index in [1.165, 1.54) is 30.3 Å². The lowest BCUT2D eigenvalue weighted by Crippen LogP contribution is -2.21. The highest BCUT2D eigenvalue weighted by atomic mass is 35.5. The maximum atomic E-state index is 12.1. The Balaban J connectivity index is 2.09. The molecule has 0 bridgehead atoms. The molecule has 0 fully saturated rings. The number of carbonyl (C=O) groups excluding carboxylic acids is 2. The molecule has 0 saturated heterocycles. The molecule has 0 atom stereocenters. The van der Waals surface area contributed by atoms with Crippen LogP contribution in [-0.2, 0) is 19.4 Å². The van der Waals surface area contributed by atoms with Crippen molar-refractivity contribution in [3.63, 3.8) is 0 Å². The molecule has 10 heteroatoms. The van der Waals surface area contributed by atoms with Gasteiger partial charge in [-0.25, -0.2) is 13.2 Å². The fourth-order valence-corrected chi connectivity index (χ4v) is 3.02. The van der Waals surface area contributed by atoms with Gasteiger partial charge in [0.2, 0.25) is 0 Å². The largest absolute Gasteiger partial charge is 0.452 e. The quantitative estimate of drug-likeness (QED) is 0.734. The van der Waals surface area contributed by atoms with Gasteiger partial charge in [0.25, 0.3) is 5.91 Å². The Hall–Kier alpha value is -2.60. The van der Waals surface area contributed by atoms with Gasteiger partial charge in [-0.1, -0.05) is 23.2 Å². The van der Waals surface area contributed by atoms with Gasteiger partial charge in [0.1, 0.15) is 6.07 Å². The molecule has 27 heavy (non-hydrogen) atoms. The zero-order valence-electron chi connectivity index (χ0n) is 13.8. The van der Waals surface area contributed by atoms with E-state index < -0.39 is 28.3 Å². The number of nitrogens with zero attached hydrogens (tertiary/aromatic N) is 1. The summed E-state index contributed by atoms with van der Waals surface area (Å²) in [4.78, 5) is 24.0. The maximum absolute atomic E-state index is 12.1. The fourth-order valence-electron chi connectivity index (χ4n) is 2.00. The standard InChI is InChI=1S/C17H12Cl2N2O5S/c1-27(24,25)12-4-5-14(19)13(7-12)17(23)26-9-16(22)21-15-6-11(18)3-2-10(15)8-20/h2-7H,9H2,1H3,(H,21,22). The van der Waals surface area contributed by atoms with Gasteiger partial charge in [0.05, 0.1) is 26.7 Å². The van der Waals surface area contributed by atoms with Crippen LogP contribution >= 0.6 is 23.2 Å². The second kappa shape index (κ2) is 8.39. The minimum atomic E-state index is -3.55. The molecule has 0 spiro atoms. The van der Waals surface area contributed by atoms with Crippen LogP contribution < -0.4 is 5.32 Å². The average molecular weight is 427 g/mol. The normalized spacial score (nSPS) is 10.7. The third kappa shape index (κ3) is 5.44. The monoisotopic (exact) mass is 426 g/mol. The molecule has 0 saturated carbocycles. The van der Waals surface area contributed by atoms with Gasteiger partial charge in [0, 0.05) is 11.3 Å². The molecule has 1 amide bonds. The molecule has 0 aromatic heterocycles. The molecule has 0 aliphatic rings.